The third-order valence-electron chi connectivity index (χ3n) is 3.23. The minimum absolute atomic E-state index is 0.0314. The molecule has 3 rings (SSSR count). The Bertz CT molecular complexity index is 612. The van der Waals surface area contributed by atoms with Crippen LogP contribution in [0.25, 0.3) is 0 Å². The Morgan fingerprint density at radius 1 is 1.10 bits per heavy atom. The van der Waals surface area contributed by atoms with Gasteiger partial charge in [0, 0.05) is 0 Å². The number of rotatable bonds is 3. The van der Waals surface area contributed by atoms with Gasteiger partial charge in [-0.3, -0.25) is 10.5 Å². The SMILES string of the molecule is NC(Oc1ccccc1)C1CC(=O)c2ccccc2O1. The molecule has 0 fully saturated rings. The average molecular weight is 269 g/mol. The molecule has 1 aliphatic heterocycles. The highest BCUT2D eigenvalue weighted by Crippen LogP contribution is 2.28. The molecule has 0 amide bonds. The summed E-state index contributed by atoms with van der Waals surface area (Å²) in [5.41, 5.74) is 6.61. The summed E-state index contributed by atoms with van der Waals surface area (Å²) in [4.78, 5) is 12.1. The van der Waals surface area contributed by atoms with Gasteiger partial charge in [0.2, 0.25) is 0 Å². The maximum absolute atomic E-state index is 12.1. The highest BCUT2D eigenvalue weighted by atomic mass is 16.6. The van der Waals surface area contributed by atoms with Crippen molar-refractivity contribution in [1.29, 1.82) is 0 Å². The topological polar surface area (TPSA) is 61.5 Å². The summed E-state index contributed by atoms with van der Waals surface area (Å²) in [5, 5.41) is 0. The van der Waals surface area contributed by atoms with Crippen LogP contribution in [-0.4, -0.2) is 18.1 Å². The molecule has 0 spiro atoms. The van der Waals surface area contributed by atoms with Gasteiger partial charge in [-0.05, 0) is 24.3 Å². The minimum atomic E-state index is -0.685. The first kappa shape index (κ1) is 12.7. The Hall–Kier alpha value is -2.33. The first-order valence-electron chi connectivity index (χ1n) is 6.50. The molecule has 4 heteroatoms. The van der Waals surface area contributed by atoms with Crippen LogP contribution >= 0.6 is 0 Å². The van der Waals surface area contributed by atoms with E-state index in [1.54, 1.807) is 12.1 Å². The number of fused-ring (bicyclic) bond motifs is 1. The van der Waals surface area contributed by atoms with Crippen LogP contribution in [0.15, 0.2) is 54.6 Å². The number of benzene rings is 2. The number of carbonyl (C=O) groups excluding carboxylic acids is 1. The van der Waals surface area contributed by atoms with Crippen LogP contribution < -0.4 is 15.2 Å². The van der Waals surface area contributed by atoms with Crippen molar-refractivity contribution in [2.45, 2.75) is 18.8 Å². The molecule has 0 radical (unpaired) electrons. The highest BCUT2D eigenvalue weighted by molar-refractivity contribution is 5.99. The van der Waals surface area contributed by atoms with Crippen LogP contribution in [0.3, 0.4) is 0 Å². The van der Waals surface area contributed by atoms with E-state index in [9.17, 15) is 4.79 Å². The van der Waals surface area contributed by atoms with E-state index in [-0.39, 0.29) is 12.2 Å². The zero-order chi connectivity index (χ0) is 13.9. The van der Waals surface area contributed by atoms with Crippen molar-refractivity contribution in [3.63, 3.8) is 0 Å². The Balaban J connectivity index is 1.75. The number of Topliss-reactive ketones (excluding diaryl/α,β-unsaturated/α-hetero) is 1. The molecule has 2 aromatic carbocycles. The van der Waals surface area contributed by atoms with Crippen LogP contribution in [0.1, 0.15) is 16.8 Å². The van der Waals surface area contributed by atoms with Gasteiger partial charge in [0.15, 0.2) is 18.1 Å². The number of ether oxygens (including phenoxy) is 2. The van der Waals surface area contributed by atoms with Gasteiger partial charge in [-0.2, -0.15) is 0 Å². The van der Waals surface area contributed by atoms with Gasteiger partial charge in [0.25, 0.3) is 0 Å². The van der Waals surface area contributed by atoms with E-state index < -0.39 is 12.3 Å². The molecular formula is C16H15NO3. The zero-order valence-corrected chi connectivity index (χ0v) is 10.9. The second kappa shape index (κ2) is 5.35. The number of nitrogens with two attached hydrogens (primary N) is 1. The summed E-state index contributed by atoms with van der Waals surface area (Å²) in [6.45, 7) is 0. The summed E-state index contributed by atoms with van der Waals surface area (Å²) in [7, 11) is 0. The predicted molar refractivity (Wildman–Crippen MR) is 74.9 cm³/mol. The second-order valence-corrected chi connectivity index (χ2v) is 4.68. The molecule has 4 nitrogen and oxygen atoms in total. The van der Waals surface area contributed by atoms with Crippen LogP contribution in [0, 0.1) is 0 Å². The number of ketones is 1. The molecule has 0 saturated heterocycles. The molecule has 2 aromatic rings. The summed E-state index contributed by atoms with van der Waals surface area (Å²) < 4.78 is 11.4. The lowest BCUT2D eigenvalue weighted by atomic mass is 10.00. The van der Waals surface area contributed by atoms with Crippen LogP contribution in [0.4, 0.5) is 0 Å². The van der Waals surface area contributed by atoms with Crippen molar-refractivity contribution in [2.75, 3.05) is 0 Å². The Kier molecular flexibility index (Phi) is 3.39. The summed E-state index contributed by atoms with van der Waals surface area (Å²) in [6.07, 6.45) is -0.933. The fraction of sp³-hybridized carbons (Fsp3) is 0.188. The number of hydrogen-bond donors (Lipinski definition) is 1. The molecule has 1 aliphatic rings. The standard InChI is InChI=1S/C16H15NO3/c17-16(19-11-6-2-1-3-7-11)15-10-13(18)12-8-4-5-9-14(12)20-15/h1-9,15-16H,10,17H2. The lowest BCUT2D eigenvalue weighted by molar-refractivity contribution is 0.0401. The number of carbonyl (C=O) groups is 1. The smallest absolute Gasteiger partial charge is 0.185 e. The number of para-hydroxylation sites is 2. The van der Waals surface area contributed by atoms with E-state index in [0.717, 1.165) is 0 Å². The van der Waals surface area contributed by atoms with Gasteiger partial charge in [0.05, 0.1) is 12.0 Å². The Morgan fingerprint density at radius 2 is 1.80 bits per heavy atom. The molecule has 2 atom stereocenters. The van der Waals surface area contributed by atoms with E-state index in [0.29, 0.717) is 17.1 Å². The first-order chi connectivity index (χ1) is 9.74. The molecule has 2 unspecified atom stereocenters. The lowest BCUT2D eigenvalue weighted by Crippen LogP contribution is -2.46. The highest BCUT2D eigenvalue weighted by Gasteiger charge is 2.31. The molecule has 0 saturated carbocycles. The van der Waals surface area contributed by atoms with Crippen molar-refractivity contribution in [3.8, 4) is 11.5 Å². The summed E-state index contributed by atoms with van der Waals surface area (Å²) in [6, 6.07) is 16.5. The van der Waals surface area contributed by atoms with E-state index in [2.05, 4.69) is 0 Å². The maximum Gasteiger partial charge on any atom is 0.185 e. The van der Waals surface area contributed by atoms with Crippen molar-refractivity contribution >= 4 is 5.78 Å². The van der Waals surface area contributed by atoms with Gasteiger partial charge < -0.3 is 9.47 Å². The molecule has 0 aliphatic carbocycles. The zero-order valence-electron chi connectivity index (χ0n) is 10.9. The van der Waals surface area contributed by atoms with E-state index in [1.165, 1.54) is 0 Å². The third-order valence-corrected chi connectivity index (χ3v) is 3.23. The van der Waals surface area contributed by atoms with Crippen LogP contribution in [0.2, 0.25) is 0 Å². The Labute approximate surface area is 117 Å². The normalized spacial score (nSPS) is 18.9. The molecule has 102 valence electrons. The molecule has 0 bridgehead atoms. The van der Waals surface area contributed by atoms with Gasteiger partial charge in [-0.1, -0.05) is 30.3 Å². The quantitative estimate of drug-likeness (QED) is 0.869. The van der Waals surface area contributed by atoms with Crippen molar-refractivity contribution < 1.29 is 14.3 Å². The van der Waals surface area contributed by atoms with E-state index >= 15 is 0 Å². The summed E-state index contributed by atoms with van der Waals surface area (Å²) in [5.74, 6) is 1.26. The minimum Gasteiger partial charge on any atom is -0.484 e. The van der Waals surface area contributed by atoms with Crippen LogP contribution in [0.5, 0.6) is 11.5 Å². The van der Waals surface area contributed by atoms with Crippen molar-refractivity contribution in [2.24, 2.45) is 5.73 Å². The predicted octanol–water partition coefficient (Wildman–Crippen LogP) is 2.38. The molecule has 20 heavy (non-hydrogen) atoms. The average Bonchev–Trinajstić information content (AvgIpc) is 2.48. The number of hydrogen-bond acceptors (Lipinski definition) is 4. The largest absolute Gasteiger partial charge is 0.484 e. The molecule has 0 aromatic heterocycles. The van der Waals surface area contributed by atoms with Crippen molar-refractivity contribution in [1.82, 2.24) is 0 Å². The molecule has 2 N–H and O–H groups in total. The van der Waals surface area contributed by atoms with Gasteiger partial charge in [-0.15, -0.1) is 0 Å². The fourth-order valence-corrected chi connectivity index (χ4v) is 2.21. The lowest BCUT2D eigenvalue weighted by Gasteiger charge is -2.29. The van der Waals surface area contributed by atoms with Crippen molar-refractivity contribution in [3.05, 3.63) is 60.2 Å². The van der Waals surface area contributed by atoms with Gasteiger partial charge in [-0.25, -0.2) is 0 Å². The van der Waals surface area contributed by atoms with Gasteiger partial charge in [0.1, 0.15) is 11.5 Å². The maximum atomic E-state index is 12.1. The summed E-state index contributed by atoms with van der Waals surface area (Å²) >= 11 is 0. The van der Waals surface area contributed by atoms with Crippen LogP contribution in [-0.2, 0) is 0 Å². The first-order valence-corrected chi connectivity index (χ1v) is 6.50. The fourth-order valence-electron chi connectivity index (χ4n) is 2.21. The molecule has 1 heterocycles. The Morgan fingerprint density at radius 3 is 2.60 bits per heavy atom. The third kappa shape index (κ3) is 2.51. The van der Waals surface area contributed by atoms with Gasteiger partial charge >= 0.3 is 0 Å². The molecular weight excluding hydrogens is 254 g/mol. The second-order valence-electron chi connectivity index (χ2n) is 4.68. The monoisotopic (exact) mass is 269 g/mol. The van der Waals surface area contributed by atoms with E-state index in [4.69, 9.17) is 15.2 Å². The van der Waals surface area contributed by atoms with E-state index in [1.807, 2.05) is 42.5 Å².